The van der Waals surface area contributed by atoms with Crippen molar-refractivity contribution in [2.24, 2.45) is 0 Å². The Morgan fingerprint density at radius 1 is 1.28 bits per heavy atom. The number of hydrogen-bond donors (Lipinski definition) is 3. The third-order valence-electron chi connectivity index (χ3n) is 2.41. The van der Waals surface area contributed by atoms with Crippen molar-refractivity contribution >= 4 is 19.2 Å². The van der Waals surface area contributed by atoms with E-state index >= 15 is 0 Å². The predicted molar refractivity (Wildman–Crippen MR) is 70.2 cm³/mol. The van der Waals surface area contributed by atoms with E-state index in [-0.39, 0.29) is 6.61 Å². The molecule has 1 unspecified atom stereocenters. The Hall–Kier alpha value is -0.420. The van der Waals surface area contributed by atoms with Gasteiger partial charge in [-0.15, -0.1) is 0 Å². The van der Waals surface area contributed by atoms with Crippen LogP contribution in [0.15, 0.2) is 30.3 Å². The second kappa shape index (κ2) is 7.24. The fraction of sp³-hybridized carbons (Fsp3) is 0.455. The Morgan fingerprint density at radius 2 is 1.89 bits per heavy atom. The molecule has 0 aliphatic rings. The number of aliphatic hydroxyl groups is 1. The average Bonchev–Trinajstić information content (AvgIpc) is 2.33. The predicted octanol–water partition coefficient (Wildman–Crippen LogP) is 1.57. The van der Waals surface area contributed by atoms with Crippen LogP contribution >= 0.6 is 19.2 Å². The van der Waals surface area contributed by atoms with E-state index in [1.54, 1.807) is 0 Å². The molecule has 0 saturated carbocycles. The number of aliphatic hydroxyl groups excluding tert-OH is 1. The summed E-state index contributed by atoms with van der Waals surface area (Å²) in [5.41, 5.74) is 0.912. The highest BCUT2D eigenvalue weighted by molar-refractivity contribution is 7.54. The van der Waals surface area contributed by atoms with Crippen molar-refractivity contribution < 1.29 is 19.5 Å². The van der Waals surface area contributed by atoms with Crippen LogP contribution in [-0.2, 0) is 11.1 Å². The largest absolute Gasteiger partial charge is 0.396 e. The Labute approximate surface area is 111 Å². The van der Waals surface area contributed by atoms with E-state index in [9.17, 15) is 4.57 Å². The van der Waals surface area contributed by atoms with Gasteiger partial charge < -0.3 is 14.9 Å². The van der Waals surface area contributed by atoms with Crippen molar-refractivity contribution in [1.82, 2.24) is 4.90 Å². The maximum Gasteiger partial charge on any atom is 0.357 e. The van der Waals surface area contributed by atoms with Crippen LogP contribution in [0.1, 0.15) is 12.0 Å². The van der Waals surface area contributed by atoms with Gasteiger partial charge in [-0.2, -0.15) is 0 Å². The summed E-state index contributed by atoms with van der Waals surface area (Å²) in [5.74, 6) is 0. The van der Waals surface area contributed by atoms with Gasteiger partial charge in [-0.05, 0) is 12.0 Å². The maximum absolute atomic E-state index is 11.2. The van der Waals surface area contributed by atoms with Crippen LogP contribution < -0.4 is 0 Å². The van der Waals surface area contributed by atoms with Gasteiger partial charge in [0.2, 0.25) is 0 Å². The molecule has 0 bridgehead atoms. The minimum absolute atomic E-state index is 0.0456. The summed E-state index contributed by atoms with van der Waals surface area (Å²) >= 11 is 5.79. The molecule has 0 aliphatic carbocycles. The molecular weight excluding hydrogens is 277 g/mol. The third-order valence-corrected chi connectivity index (χ3v) is 4.33. The number of alkyl halides is 1. The maximum atomic E-state index is 11.2. The van der Waals surface area contributed by atoms with E-state index in [1.165, 1.54) is 4.90 Å². The topological polar surface area (TPSA) is 81.0 Å². The van der Waals surface area contributed by atoms with Gasteiger partial charge in [0, 0.05) is 19.7 Å². The zero-order valence-corrected chi connectivity index (χ0v) is 11.5. The molecule has 0 saturated heterocycles. The van der Waals surface area contributed by atoms with Crippen LogP contribution in [-0.4, -0.2) is 38.2 Å². The molecule has 1 aromatic rings. The fourth-order valence-electron chi connectivity index (χ4n) is 1.57. The SMILES string of the molecule is O=P(O)(O)C(Cl)N(CCCO)Cc1ccccc1. The first-order chi connectivity index (χ1) is 8.45. The van der Waals surface area contributed by atoms with Crippen molar-refractivity contribution in [2.75, 3.05) is 13.2 Å². The van der Waals surface area contributed by atoms with Crippen LogP contribution in [0.2, 0.25) is 0 Å². The van der Waals surface area contributed by atoms with Gasteiger partial charge in [-0.3, -0.25) is 9.46 Å². The van der Waals surface area contributed by atoms with Gasteiger partial charge in [0.25, 0.3) is 0 Å². The number of rotatable bonds is 7. The quantitative estimate of drug-likeness (QED) is 0.404. The van der Waals surface area contributed by atoms with Gasteiger partial charge in [0.15, 0.2) is 5.24 Å². The monoisotopic (exact) mass is 293 g/mol. The molecule has 102 valence electrons. The molecule has 0 heterocycles. The third kappa shape index (κ3) is 5.06. The molecule has 3 N–H and O–H groups in total. The standard InChI is InChI=1S/C11H17ClNO4P/c12-11(18(15,16)17)13(7-4-8-14)9-10-5-2-1-3-6-10/h1-3,5-6,11,14H,4,7-9H2,(H2,15,16,17). The van der Waals surface area contributed by atoms with E-state index in [2.05, 4.69) is 0 Å². The summed E-state index contributed by atoms with van der Waals surface area (Å²) in [5, 5.41) is 7.43. The van der Waals surface area contributed by atoms with E-state index < -0.39 is 12.8 Å². The molecule has 0 aliphatic heterocycles. The molecule has 0 aromatic heterocycles. The highest BCUT2D eigenvalue weighted by Crippen LogP contribution is 2.45. The average molecular weight is 294 g/mol. The molecule has 5 nitrogen and oxygen atoms in total. The first kappa shape index (κ1) is 15.6. The molecule has 1 atom stereocenters. The van der Waals surface area contributed by atoms with Crippen LogP contribution in [0, 0.1) is 0 Å². The number of hydrogen-bond acceptors (Lipinski definition) is 3. The summed E-state index contributed by atoms with van der Waals surface area (Å²) in [7, 11) is -4.38. The molecular formula is C11H17ClNO4P. The van der Waals surface area contributed by atoms with E-state index in [4.69, 9.17) is 26.5 Å². The Kier molecular flexibility index (Phi) is 6.29. The number of nitrogens with zero attached hydrogens (tertiary/aromatic N) is 1. The first-order valence-electron chi connectivity index (χ1n) is 5.53. The summed E-state index contributed by atoms with van der Waals surface area (Å²) < 4.78 is 11.2. The Bertz CT molecular complexity index is 397. The zero-order chi connectivity index (χ0) is 13.6. The smallest absolute Gasteiger partial charge is 0.357 e. The van der Waals surface area contributed by atoms with Crippen molar-refractivity contribution in [3.8, 4) is 0 Å². The van der Waals surface area contributed by atoms with Gasteiger partial charge in [-0.1, -0.05) is 41.9 Å². The molecule has 7 heteroatoms. The van der Waals surface area contributed by atoms with Gasteiger partial charge in [0.1, 0.15) is 0 Å². The minimum Gasteiger partial charge on any atom is -0.396 e. The second-order valence-corrected chi connectivity index (χ2v) is 6.32. The van der Waals surface area contributed by atoms with Gasteiger partial charge >= 0.3 is 7.60 Å². The Morgan fingerprint density at radius 3 is 2.39 bits per heavy atom. The van der Waals surface area contributed by atoms with Crippen molar-refractivity contribution in [3.63, 3.8) is 0 Å². The van der Waals surface area contributed by atoms with E-state index in [0.717, 1.165) is 5.56 Å². The van der Waals surface area contributed by atoms with Gasteiger partial charge in [0.05, 0.1) is 0 Å². The van der Waals surface area contributed by atoms with E-state index in [0.29, 0.717) is 19.5 Å². The summed E-state index contributed by atoms with van der Waals surface area (Å²) in [6.45, 7) is 0.612. The lowest BCUT2D eigenvalue weighted by Gasteiger charge is -2.27. The molecule has 1 rings (SSSR count). The summed E-state index contributed by atoms with van der Waals surface area (Å²) in [4.78, 5) is 19.7. The lowest BCUT2D eigenvalue weighted by molar-refractivity contribution is 0.212. The highest BCUT2D eigenvalue weighted by Gasteiger charge is 2.32. The Balaban J connectivity index is 2.75. The first-order valence-corrected chi connectivity index (χ1v) is 7.65. The van der Waals surface area contributed by atoms with Crippen LogP contribution in [0.4, 0.5) is 0 Å². The van der Waals surface area contributed by atoms with Crippen LogP contribution in [0.5, 0.6) is 0 Å². The minimum atomic E-state index is -4.38. The van der Waals surface area contributed by atoms with Gasteiger partial charge in [-0.25, -0.2) is 0 Å². The summed E-state index contributed by atoms with van der Waals surface area (Å²) in [6, 6.07) is 9.27. The molecule has 0 amide bonds. The molecule has 0 radical (unpaired) electrons. The van der Waals surface area contributed by atoms with Crippen molar-refractivity contribution in [1.29, 1.82) is 0 Å². The fourth-order valence-corrected chi connectivity index (χ4v) is 2.35. The van der Waals surface area contributed by atoms with Crippen molar-refractivity contribution in [3.05, 3.63) is 35.9 Å². The molecule has 0 fully saturated rings. The van der Waals surface area contributed by atoms with Crippen LogP contribution in [0.25, 0.3) is 0 Å². The van der Waals surface area contributed by atoms with E-state index in [1.807, 2.05) is 30.3 Å². The summed E-state index contributed by atoms with van der Waals surface area (Å²) in [6.07, 6.45) is 0.413. The lowest BCUT2D eigenvalue weighted by Crippen LogP contribution is -2.32. The van der Waals surface area contributed by atoms with Crippen molar-refractivity contribution in [2.45, 2.75) is 18.2 Å². The number of halogens is 1. The second-order valence-electron chi connectivity index (χ2n) is 3.93. The normalized spacial score (nSPS) is 13.8. The molecule has 1 aromatic carbocycles. The molecule has 18 heavy (non-hydrogen) atoms. The molecule has 0 spiro atoms. The highest BCUT2D eigenvalue weighted by atomic mass is 35.5. The zero-order valence-electron chi connectivity index (χ0n) is 9.81. The van der Waals surface area contributed by atoms with Crippen LogP contribution in [0.3, 0.4) is 0 Å². The lowest BCUT2D eigenvalue weighted by atomic mass is 10.2. The number of benzene rings is 1.